The predicted octanol–water partition coefficient (Wildman–Crippen LogP) is 1.99. The third-order valence-corrected chi connectivity index (χ3v) is 4.16. The summed E-state index contributed by atoms with van der Waals surface area (Å²) in [4.78, 5) is 14.9. The number of likely N-dealkylation sites (tertiary alicyclic amines) is 1. The number of rotatable bonds is 3. The first-order valence-corrected chi connectivity index (χ1v) is 6.75. The van der Waals surface area contributed by atoms with Crippen molar-refractivity contribution < 1.29 is 9.53 Å². The molecule has 1 aromatic rings. The molecular formula is C12H19ClN2O2S. The highest BCUT2D eigenvalue weighted by atomic mass is 35.5. The van der Waals surface area contributed by atoms with E-state index in [1.54, 1.807) is 7.11 Å². The SMILES string of the molecule is COc1ccsc1C(=O)N1CCC(CN)CC1.Cl. The molecule has 2 rings (SSSR count). The number of halogens is 1. The number of carbonyl (C=O) groups excluding carboxylic acids is 1. The molecule has 1 amide bonds. The van der Waals surface area contributed by atoms with Crippen LogP contribution >= 0.6 is 23.7 Å². The van der Waals surface area contributed by atoms with E-state index in [2.05, 4.69) is 0 Å². The monoisotopic (exact) mass is 290 g/mol. The van der Waals surface area contributed by atoms with Gasteiger partial charge in [0.15, 0.2) is 0 Å². The van der Waals surface area contributed by atoms with E-state index in [-0.39, 0.29) is 18.3 Å². The van der Waals surface area contributed by atoms with Crippen LogP contribution in [0.15, 0.2) is 11.4 Å². The quantitative estimate of drug-likeness (QED) is 0.926. The lowest BCUT2D eigenvalue weighted by Gasteiger charge is -2.31. The van der Waals surface area contributed by atoms with Crippen LogP contribution in [0.5, 0.6) is 5.75 Å². The van der Waals surface area contributed by atoms with Crippen molar-refractivity contribution in [2.24, 2.45) is 11.7 Å². The summed E-state index contributed by atoms with van der Waals surface area (Å²) in [5, 5.41) is 1.89. The van der Waals surface area contributed by atoms with Gasteiger partial charge in [0, 0.05) is 13.1 Å². The van der Waals surface area contributed by atoms with Crippen LogP contribution in [0, 0.1) is 5.92 Å². The van der Waals surface area contributed by atoms with Crippen molar-refractivity contribution >= 4 is 29.7 Å². The van der Waals surface area contributed by atoms with Crippen molar-refractivity contribution in [1.82, 2.24) is 4.90 Å². The zero-order valence-corrected chi connectivity index (χ0v) is 12.1. The van der Waals surface area contributed by atoms with Gasteiger partial charge in [0.2, 0.25) is 0 Å². The van der Waals surface area contributed by atoms with Crippen LogP contribution in [0.3, 0.4) is 0 Å². The Bertz CT molecular complexity index is 389. The first-order chi connectivity index (χ1) is 8.26. The Balaban J connectivity index is 0.00000162. The number of methoxy groups -OCH3 is 1. The summed E-state index contributed by atoms with van der Waals surface area (Å²) in [5.74, 6) is 1.34. The molecule has 0 radical (unpaired) electrons. The standard InChI is InChI=1S/C12H18N2O2S.ClH/c1-16-10-4-7-17-11(10)12(15)14-5-2-9(8-13)3-6-14;/h4,7,9H,2-3,5-6,8,13H2,1H3;1H. The molecule has 1 aromatic heterocycles. The van der Waals surface area contributed by atoms with Gasteiger partial charge in [-0.3, -0.25) is 4.79 Å². The smallest absolute Gasteiger partial charge is 0.267 e. The van der Waals surface area contributed by atoms with E-state index in [0.717, 1.165) is 32.5 Å². The number of amides is 1. The average Bonchev–Trinajstić information content (AvgIpc) is 2.86. The van der Waals surface area contributed by atoms with Gasteiger partial charge in [-0.1, -0.05) is 0 Å². The van der Waals surface area contributed by atoms with Crippen molar-refractivity contribution in [2.75, 3.05) is 26.7 Å². The van der Waals surface area contributed by atoms with E-state index in [9.17, 15) is 4.79 Å². The van der Waals surface area contributed by atoms with Gasteiger partial charge in [0.1, 0.15) is 10.6 Å². The molecule has 18 heavy (non-hydrogen) atoms. The zero-order valence-electron chi connectivity index (χ0n) is 10.4. The van der Waals surface area contributed by atoms with Gasteiger partial charge < -0.3 is 15.4 Å². The Kier molecular flexibility index (Phi) is 5.91. The first kappa shape index (κ1) is 15.3. The summed E-state index contributed by atoms with van der Waals surface area (Å²) in [5.41, 5.74) is 5.64. The van der Waals surface area contributed by atoms with Crippen molar-refractivity contribution in [1.29, 1.82) is 0 Å². The maximum atomic E-state index is 12.3. The molecule has 1 fully saturated rings. The number of nitrogens with zero attached hydrogens (tertiary/aromatic N) is 1. The van der Waals surface area contributed by atoms with Crippen LogP contribution in [-0.2, 0) is 0 Å². The van der Waals surface area contributed by atoms with Crippen LogP contribution in [0.4, 0.5) is 0 Å². The molecule has 2 heterocycles. The molecule has 1 aliphatic rings. The summed E-state index contributed by atoms with van der Waals surface area (Å²) in [6.07, 6.45) is 2.02. The topological polar surface area (TPSA) is 55.6 Å². The fourth-order valence-corrected chi connectivity index (χ4v) is 2.95. The molecule has 0 aliphatic carbocycles. The molecule has 4 nitrogen and oxygen atoms in total. The summed E-state index contributed by atoms with van der Waals surface area (Å²) >= 11 is 1.44. The van der Waals surface area contributed by atoms with E-state index in [0.29, 0.717) is 16.5 Å². The van der Waals surface area contributed by atoms with Gasteiger partial charge in [-0.05, 0) is 36.8 Å². The number of hydrogen-bond donors (Lipinski definition) is 1. The number of nitrogens with two attached hydrogens (primary N) is 1. The molecular weight excluding hydrogens is 272 g/mol. The number of carbonyl (C=O) groups is 1. The van der Waals surface area contributed by atoms with E-state index < -0.39 is 0 Å². The molecule has 2 N–H and O–H groups in total. The minimum Gasteiger partial charge on any atom is -0.495 e. The summed E-state index contributed by atoms with van der Waals surface area (Å²) in [6, 6.07) is 1.84. The lowest BCUT2D eigenvalue weighted by Crippen LogP contribution is -2.39. The minimum absolute atomic E-state index is 0. The zero-order chi connectivity index (χ0) is 12.3. The maximum absolute atomic E-state index is 12.3. The lowest BCUT2D eigenvalue weighted by molar-refractivity contribution is 0.0695. The Hall–Kier alpha value is -0.780. The lowest BCUT2D eigenvalue weighted by atomic mass is 9.97. The number of hydrogen-bond acceptors (Lipinski definition) is 4. The van der Waals surface area contributed by atoms with E-state index in [4.69, 9.17) is 10.5 Å². The van der Waals surface area contributed by atoms with Crippen molar-refractivity contribution in [3.63, 3.8) is 0 Å². The van der Waals surface area contributed by atoms with Crippen LogP contribution in [0.2, 0.25) is 0 Å². The van der Waals surface area contributed by atoms with Crippen LogP contribution < -0.4 is 10.5 Å². The Morgan fingerprint density at radius 1 is 1.56 bits per heavy atom. The van der Waals surface area contributed by atoms with E-state index in [1.165, 1.54) is 11.3 Å². The number of thiophene rings is 1. The summed E-state index contributed by atoms with van der Waals surface area (Å²) in [6.45, 7) is 2.34. The molecule has 0 unspecified atom stereocenters. The fourth-order valence-electron chi connectivity index (χ4n) is 2.13. The van der Waals surface area contributed by atoms with Gasteiger partial charge in [0.05, 0.1) is 7.11 Å². The molecule has 6 heteroatoms. The Morgan fingerprint density at radius 2 is 2.22 bits per heavy atom. The van der Waals surface area contributed by atoms with Crippen LogP contribution in [-0.4, -0.2) is 37.6 Å². The second-order valence-electron chi connectivity index (χ2n) is 4.29. The van der Waals surface area contributed by atoms with Crippen LogP contribution in [0.1, 0.15) is 22.5 Å². The molecule has 0 bridgehead atoms. The minimum atomic E-state index is 0. The highest BCUT2D eigenvalue weighted by Crippen LogP contribution is 2.27. The van der Waals surface area contributed by atoms with Crippen molar-refractivity contribution in [3.8, 4) is 5.75 Å². The Morgan fingerprint density at radius 3 is 2.78 bits per heavy atom. The normalized spacial score (nSPS) is 16.2. The molecule has 0 atom stereocenters. The molecule has 0 spiro atoms. The van der Waals surface area contributed by atoms with E-state index >= 15 is 0 Å². The van der Waals surface area contributed by atoms with E-state index in [1.807, 2.05) is 16.3 Å². The van der Waals surface area contributed by atoms with Gasteiger partial charge in [-0.15, -0.1) is 23.7 Å². The maximum Gasteiger partial charge on any atom is 0.267 e. The highest BCUT2D eigenvalue weighted by Gasteiger charge is 2.25. The Labute approximate surface area is 118 Å². The third kappa shape index (κ3) is 3.16. The first-order valence-electron chi connectivity index (χ1n) is 5.87. The second kappa shape index (κ2) is 6.97. The van der Waals surface area contributed by atoms with Crippen LogP contribution in [0.25, 0.3) is 0 Å². The summed E-state index contributed by atoms with van der Waals surface area (Å²) in [7, 11) is 1.60. The number of ether oxygens (including phenoxy) is 1. The molecule has 1 saturated heterocycles. The second-order valence-corrected chi connectivity index (χ2v) is 5.21. The molecule has 1 aliphatic heterocycles. The largest absolute Gasteiger partial charge is 0.495 e. The average molecular weight is 291 g/mol. The molecule has 0 aromatic carbocycles. The van der Waals surface area contributed by atoms with Crippen molar-refractivity contribution in [3.05, 3.63) is 16.3 Å². The summed E-state index contributed by atoms with van der Waals surface area (Å²) < 4.78 is 5.18. The number of piperidine rings is 1. The van der Waals surface area contributed by atoms with Crippen molar-refractivity contribution in [2.45, 2.75) is 12.8 Å². The molecule has 0 saturated carbocycles. The predicted molar refractivity (Wildman–Crippen MR) is 75.8 cm³/mol. The fraction of sp³-hybridized carbons (Fsp3) is 0.583. The highest BCUT2D eigenvalue weighted by molar-refractivity contribution is 7.12. The van der Waals surface area contributed by atoms with Gasteiger partial charge in [0.25, 0.3) is 5.91 Å². The van der Waals surface area contributed by atoms with Gasteiger partial charge in [-0.25, -0.2) is 0 Å². The third-order valence-electron chi connectivity index (χ3n) is 3.28. The van der Waals surface area contributed by atoms with Gasteiger partial charge >= 0.3 is 0 Å². The molecule has 102 valence electrons. The van der Waals surface area contributed by atoms with Gasteiger partial charge in [-0.2, -0.15) is 0 Å².